The van der Waals surface area contributed by atoms with Crippen LogP contribution in [0.2, 0.25) is 0 Å². The van der Waals surface area contributed by atoms with Crippen molar-refractivity contribution in [2.45, 2.75) is 46.1 Å². The first kappa shape index (κ1) is 34.5. The lowest BCUT2D eigenvalue weighted by molar-refractivity contribution is 0.715. The molecule has 7 aromatic carbocycles. The number of aliphatic imine (C=N–C) groups is 1. The van der Waals surface area contributed by atoms with Crippen LogP contribution in [-0.4, -0.2) is 12.4 Å². The maximum Gasteiger partial charge on any atom is 0.129 e. The van der Waals surface area contributed by atoms with Gasteiger partial charge in [-0.05, 0) is 146 Å². The maximum absolute atomic E-state index is 5.21. The Morgan fingerprint density at radius 1 is 0.691 bits per heavy atom. The number of benzene rings is 7. The highest BCUT2D eigenvalue weighted by Gasteiger charge is 2.19. The summed E-state index contributed by atoms with van der Waals surface area (Å²) in [6.07, 6.45) is 16.4. The summed E-state index contributed by atoms with van der Waals surface area (Å²) in [5.74, 6) is 0.902. The molecular formula is C53H46N2. The molecule has 0 heterocycles. The van der Waals surface area contributed by atoms with Gasteiger partial charge in [0.25, 0.3) is 0 Å². The van der Waals surface area contributed by atoms with E-state index in [0.29, 0.717) is 6.54 Å². The van der Waals surface area contributed by atoms with Crippen LogP contribution in [0.3, 0.4) is 0 Å². The Kier molecular flexibility index (Phi) is 9.34. The molecule has 0 amide bonds. The van der Waals surface area contributed by atoms with Gasteiger partial charge in [0.15, 0.2) is 0 Å². The van der Waals surface area contributed by atoms with Crippen molar-refractivity contribution in [1.29, 1.82) is 0 Å². The number of aryl methyl sites for hydroxylation is 2. The molecule has 0 aromatic heterocycles. The van der Waals surface area contributed by atoms with Gasteiger partial charge in [-0.2, -0.15) is 0 Å². The fourth-order valence-electron chi connectivity index (χ4n) is 8.61. The van der Waals surface area contributed by atoms with Crippen molar-refractivity contribution < 1.29 is 0 Å². The van der Waals surface area contributed by atoms with Gasteiger partial charge in [-0.1, -0.05) is 146 Å². The van der Waals surface area contributed by atoms with Crippen molar-refractivity contribution in [3.05, 3.63) is 196 Å². The van der Waals surface area contributed by atoms with Gasteiger partial charge >= 0.3 is 0 Å². The zero-order valence-corrected chi connectivity index (χ0v) is 31.9. The molecule has 1 atom stereocenters. The van der Waals surface area contributed by atoms with Gasteiger partial charge < -0.3 is 5.32 Å². The summed E-state index contributed by atoms with van der Waals surface area (Å²) < 4.78 is 0. The summed E-state index contributed by atoms with van der Waals surface area (Å²) in [5.41, 5.74) is 15.1. The van der Waals surface area contributed by atoms with Gasteiger partial charge in [-0.3, -0.25) is 4.99 Å². The van der Waals surface area contributed by atoms with Crippen LogP contribution in [0.4, 0.5) is 0 Å². The molecule has 55 heavy (non-hydrogen) atoms. The Labute approximate surface area is 325 Å². The van der Waals surface area contributed by atoms with E-state index in [9.17, 15) is 0 Å². The van der Waals surface area contributed by atoms with E-state index in [-0.39, 0.29) is 6.04 Å². The largest absolute Gasteiger partial charge is 0.363 e. The molecular weight excluding hydrogens is 665 g/mol. The lowest BCUT2D eigenvalue weighted by Gasteiger charge is -2.22. The number of rotatable bonds is 8. The summed E-state index contributed by atoms with van der Waals surface area (Å²) in [6, 6.07) is 47.2. The first-order valence-corrected chi connectivity index (χ1v) is 19.7. The normalized spacial score (nSPS) is 14.5. The molecule has 0 saturated carbocycles. The molecule has 0 aliphatic heterocycles. The van der Waals surface area contributed by atoms with Gasteiger partial charge in [-0.25, -0.2) is 0 Å². The third-order valence-corrected chi connectivity index (χ3v) is 11.5. The Balaban J connectivity index is 1.20. The number of hydrogen-bond acceptors (Lipinski definition) is 1. The summed E-state index contributed by atoms with van der Waals surface area (Å²) in [7, 11) is 0. The minimum Gasteiger partial charge on any atom is -0.363 e. The van der Waals surface area contributed by atoms with Crippen molar-refractivity contribution in [3.63, 3.8) is 0 Å². The van der Waals surface area contributed by atoms with Crippen LogP contribution in [0.25, 0.3) is 61.0 Å². The van der Waals surface area contributed by atoms with Crippen molar-refractivity contribution in [2.24, 2.45) is 4.99 Å². The van der Waals surface area contributed by atoms with E-state index < -0.39 is 0 Å². The molecule has 0 saturated heterocycles. The topological polar surface area (TPSA) is 24.4 Å². The van der Waals surface area contributed by atoms with E-state index in [4.69, 9.17) is 4.99 Å². The highest BCUT2D eigenvalue weighted by Crippen LogP contribution is 2.40. The Bertz CT molecular complexity index is 2760. The molecule has 0 bridgehead atoms. The number of nitrogens with one attached hydrogen (secondary N) is 1. The van der Waals surface area contributed by atoms with Crippen molar-refractivity contribution in [3.8, 4) is 33.4 Å². The fourth-order valence-corrected chi connectivity index (χ4v) is 8.61. The monoisotopic (exact) mass is 710 g/mol. The van der Waals surface area contributed by atoms with Gasteiger partial charge in [0.2, 0.25) is 0 Å². The molecule has 2 nitrogen and oxygen atoms in total. The molecule has 0 spiro atoms. The van der Waals surface area contributed by atoms with E-state index in [2.05, 4.69) is 190 Å². The second-order valence-corrected chi connectivity index (χ2v) is 15.1. The quantitative estimate of drug-likeness (QED) is 0.123. The van der Waals surface area contributed by atoms with Crippen LogP contribution in [0.1, 0.15) is 53.6 Å². The highest BCUT2D eigenvalue weighted by atomic mass is 15.0. The number of hydrogen-bond donors (Lipinski definition) is 1. The molecule has 0 radical (unpaired) electrons. The van der Waals surface area contributed by atoms with Gasteiger partial charge in [-0.15, -0.1) is 0 Å². The molecule has 2 aliphatic carbocycles. The fraction of sp³-hybridized carbons (Fsp3) is 0.151. The smallest absolute Gasteiger partial charge is 0.129 e. The van der Waals surface area contributed by atoms with Crippen LogP contribution in [-0.2, 0) is 6.42 Å². The van der Waals surface area contributed by atoms with Crippen LogP contribution in [0, 0.1) is 13.8 Å². The predicted octanol–water partition coefficient (Wildman–Crippen LogP) is 12.6. The third-order valence-electron chi connectivity index (χ3n) is 11.5. The first-order valence-electron chi connectivity index (χ1n) is 19.7. The number of allylic oxidation sites excluding steroid dienone is 4. The van der Waals surface area contributed by atoms with Crippen LogP contribution < -0.4 is 10.5 Å². The maximum atomic E-state index is 5.21. The van der Waals surface area contributed by atoms with Crippen molar-refractivity contribution in [1.82, 2.24) is 5.32 Å². The molecule has 2 aliphatic rings. The molecule has 9 rings (SSSR count). The second-order valence-electron chi connectivity index (χ2n) is 15.1. The van der Waals surface area contributed by atoms with Crippen LogP contribution >= 0.6 is 0 Å². The molecule has 0 fully saturated rings. The minimum atomic E-state index is -0.0208. The second kappa shape index (κ2) is 14.9. The highest BCUT2D eigenvalue weighted by molar-refractivity contribution is 6.16. The Hall–Kier alpha value is -6.25. The zero-order valence-electron chi connectivity index (χ0n) is 31.9. The Morgan fingerprint density at radius 3 is 2.35 bits per heavy atom. The predicted molar refractivity (Wildman–Crippen MR) is 236 cm³/mol. The summed E-state index contributed by atoms with van der Waals surface area (Å²) >= 11 is 0. The average molecular weight is 711 g/mol. The lowest BCUT2D eigenvalue weighted by atomic mass is 9.85. The molecule has 2 heteroatoms. The summed E-state index contributed by atoms with van der Waals surface area (Å²) in [4.78, 5) is 5.21. The van der Waals surface area contributed by atoms with E-state index >= 15 is 0 Å². The third kappa shape index (κ3) is 6.74. The van der Waals surface area contributed by atoms with E-state index in [0.717, 1.165) is 30.7 Å². The Morgan fingerprint density at radius 2 is 1.47 bits per heavy atom. The lowest BCUT2D eigenvalue weighted by Crippen LogP contribution is -2.28. The molecule has 1 N–H and O–H groups in total. The van der Waals surface area contributed by atoms with Gasteiger partial charge in [0, 0.05) is 11.6 Å². The molecule has 1 unspecified atom stereocenters. The SMILES string of the molecule is Cc1ccccc1-c1cccc(-c2cc(-c3ccc4ccc5c6c(ccc3c46)=CCC5)cc(C(C)NC(=NCC3=CCC=CC=C3)c3ccccc3)c2)c1C. The first-order chi connectivity index (χ1) is 27.0. The van der Waals surface area contributed by atoms with Gasteiger partial charge in [0.05, 0.1) is 6.54 Å². The van der Waals surface area contributed by atoms with Crippen LogP contribution in [0.15, 0.2) is 168 Å². The minimum absolute atomic E-state index is 0.0208. The number of nitrogens with zero attached hydrogens (tertiary/aromatic N) is 1. The van der Waals surface area contributed by atoms with Crippen molar-refractivity contribution in [2.75, 3.05) is 6.54 Å². The summed E-state index contributed by atoms with van der Waals surface area (Å²) in [5, 5.41) is 10.7. The van der Waals surface area contributed by atoms with Crippen molar-refractivity contribution >= 4 is 33.5 Å². The van der Waals surface area contributed by atoms with E-state index in [1.807, 2.05) is 0 Å². The van der Waals surface area contributed by atoms with Crippen LogP contribution in [0.5, 0.6) is 0 Å². The zero-order chi connectivity index (χ0) is 37.3. The standard InChI is InChI=1S/C53H46N2/c1-35-15-11-12-22-46(35)48-24-14-23-47(36(48)2)44-31-43(37(3)55-53(42-18-9-6-10-19-42)54-34-38-16-7-4-5-8-17-38)32-45(33-44)49-29-27-41-26-25-39-20-13-21-40-28-30-50(49)52(41)51(39)40/h4-7,9-12,14-19,21-33,37H,8,13,20,34H2,1-3H3,(H,54,55). The van der Waals surface area contributed by atoms with Gasteiger partial charge in [0.1, 0.15) is 5.84 Å². The summed E-state index contributed by atoms with van der Waals surface area (Å²) in [6.45, 7) is 7.37. The van der Waals surface area contributed by atoms with E-state index in [1.165, 1.54) is 88.0 Å². The van der Waals surface area contributed by atoms with E-state index in [1.54, 1.807) is 0 Å². The molecule has 268 valence electrons. The molecule has 7 aromatic rings. The number of amidine groups is 1. The average Bonchev–Trinajstić information content (AvgIpc) is 3.51.